The first-order valence-electron chi connectivity index (χ1n) is 10.0. The summed E-state index contributed by atoms with van der Waals surface area (Å²) < 4.78 is 7.38. The number of hydrogen-bond acceptors (Lipinski definition) is 7. The van der Waals surface area contributed by atoms with E-state index in [1.165, 1.54) is 4.68 Å². The van der Waals surface area contributed by atoms with E-state index in [9.17, 15) is 4.79 Å². The molecule has 2 aromatic rings. The van der Waals surface area contributed by atoms with Gasteiger partial charge in [0.15, 0.2) is 0 Å². The second-order valence-corrected chi connectivity index (χ2v) is 7.98. The number of anilines is 2. The highest BCUT2D eigenvalue weighted by molar-refractivity contribution is 5.50. The molecule has 1 fully saturated rings. The quantitative estimate of drug-likeness (QED) is 0.859. The molecular weight excluding hydrogens is 356 g/mol. The highest BCUT2D eigenvalue weighted by Gasteiger charge is 2.29. The first-order valence-corrected chi connectivity index (χ1v) is 10.0. The Labute approximate surface area is 164 Å². The molecular formula is C20H28N6O2. The van der Waals surface area contributed by atoms with Gasteiger partial charge in [-0.15, -0.1) is 0 Å². The summed E-state index contributed by atoms with van der Waals surface area (Å²) >= 11 is 0. The van der Waals surface area contributed by atoms with Crippen molar-refractivity contribution in [2.24, 2.45) is 13.0 Å². The molecule has 1 saturated heterocycles. The van der Waals surface area contributed by atoms with Gasteiger partial charge in [0.1, 0.15) is 18.0 Å². The van der Waals surface area contributed by atoms with E-state index in [4.69, 9.17) is 4.74 Å². The van der Waals surface area contributed by atoms with Crippen LogP contribution in [-0.4, -0.2) is 45.0 Å². The van der Waals surface area contributed by atoms with E-state index in [0.29, 0.717) is 12.5 Å². The van der Waals surface area contributed by atoms with Crippen molar-refractivity contribution in [3.05, 3.63) is 40.1 Å². The van der Waals surface area contributed by atoms with Gasteiger partial charge in [0.05, 0.1) is 17.8 Å². The van der Waals surface area contributed by atoms with Crippen LogP contribution in [0.3, 0.4) is 0 Å². The molecule has 4 heterocycles. The summed E-state index contributed by atoms with van der Waals surface area (Å²) in [6.07, 6.45) is 4.72. The molecule has 0 bridgehead atoms. The molecule has 2 atom stereocenters. The minimum absolute atomic E-state index is 0.0809. The summed E-state index contributed by atoms with van der Waals surface area (Å²) in [5.41, 5.74) is 1.88. The van der Waals surface area contributed by atoms with Gasteiger partial charge in [-0.05, 0) is 18.8 Å². The predicted octanol–water partition coefficient (Wildman–Crippen LogP) is 1.75. The Morgan fingerprint density at radius 2 is 2.14 bits per heavy atom. The number of aryl methyl sites for hydroxylation is 1. The first kappa shape index (κ1) is 18.9. The first-order chi connectivity index (χ1) is 13.5. The monoisotopic (exact) mass is 384 g/mol. The summed E-state index contributed by atoms with van der Waals surface area (Å²) in [5, 5.41) is 7.94. The zero-order valence-corrected chi connectivity index (χ0v) is 16.8. The maximum atomic E-state index is 11.9. The Balaban J connectivity index is 1.51. The molecule has 0 aliphatic carbocycles. The van der Waals surface area contributed by atoms with Crippen molar-refractivity contribution in [2.75, 3.05) is 23.4 Å². The van der Waals surface area contributed by atoms with Gasteiger partial charge in [-0.3, -0.25) is 4.79 Å². The van der Waals surface area contributed by atoms with Crippen LogP contribution >= 0.6 is 0 Å². The van der Waals surface area contributed by atoms with Crippen molar-refractivity contribution in [1.29, 1.82) is 0 Å². The Kier molecular flexibility index (Phi) is 5.30. The smallest absolute Gasteiger partial charge is 0.266 e. The van der Waals surface area contributed by atoms with Crippen LogP contribution in [0.15, 0.2) is 23.3 Å². The van der Waals surface area contributed by atoms with Gasteiger partial charge in [-0.2, -0.15) is 5.10 Å². The van der Waals surface area contributed by atoms with Crippen molar-refractivity contribution >= 4 is 11.6 Å². The molecule has 0 amide bonds. The van der Waals surface area contributed by atoms with Gasteiger partial charge in [-0.25, -0.2) is 14.6 Å². The van der Waals surface area contributed by atoms with E-state index in [1.807, 2.05) is 6.07 Å². The number of rotatable bonds is 4. The van der Waals surface area contributed by atoms with E-state index in [2.05, 4.69) is 39.1 Å². The molecule has 1 N–H and O–H groups in total. The number of ether oxygens (including phenoxy) is 1. The van der Waals surface area contributed by atoms with E-state index >= 15 is 0 Å². The van der Waals surface area contributed by atoms with Crippen molar-refractivity contribution in [1.82, 2.24) is 19.7 Å². The van der Waals surface area contributed by atoms with Crippen LogP contribution in [0.4, 0.5) is 11.6 Å². The normalized spacial score (nSPS) is 22.2. The molecule has 2 aliphatic rings. The van der Waals surface area contributed by atoms with Gasteiger partial charge >= 0.3 is 0 Å². The third kappa shape index (κ3) is 3.87. The number of hydrogen-bond donors (Lipinski definition) is 1. The minimum Gasteiger partial charge on any atom is -0.376 e. The largest absolute Gasteiger partial charge is 0.376 e. The molecule has 2 aliphatic heterocycles. The fraction of sp³-hybridized carbons (Fsp3) is 0.600. The molecule has 8 nitrogen and oxygen atoms in total. The summed E-state index contributed by atoms with van der Waals surface area (Å²) in [5.74, 6) is 2.13. The van der Waals surface area contributed by atoms with Crippen molar-refractivity contribution in [3.63, 3.8) is 0 Å². The Morgan fingerprint density at radius 3 is 2.96 bits per heavy atom. The number of nitrogens with one attached hydrogen (secondary N) is 1. The SMILES string of the molecule is CC(C)[C@@H]1OCCC[C@@H]1Nc1cc(N2CCc3nn(C)c(=O)cc3C2)ncn1. The van der Waals surface area contributed by atoms with Gasteiger partial charge in [-0.1, -0.05) is 13.8 Å². The standard InChI is InChI=1S/C20H28N6O2/c1-13(2)20-16(5-4-8-28-20)23-17-10-18(22-12-21-17)26-7-6-15-14(11-26)9-19(27)25(3)24-15/h9-10,12-13,16,20H,4-8,11H2,1-3H3,(H,21,22,23)/t16-,20-/m0/s1. The van der Waals surface area contributed by atoms with Crippen LogP contribution in [0, 0.1) is 5.92 Å². The summed E-state index contributed by atoms with van der Waals surface area (Å²) in [4.78, 5) is 23.0. The fourth-order valence-electron chi connectivity index (χ4n) is 4.09. The number of nitrogens with zero attached hydrogens (tertiary/aromatic N) is 5. The number of aromatic nitrogens is 4. The lowest BCUT2D eigenvalue weighted by Gasteiger charge is -2.35. The molecule has 0 aromatic carbocycles. The van der Waals surface area contributed by atoms with Crippen LogP contribution in [-0.2, 0) is 24.8 Å². The number of fused-ring (bicyclic) bond motifs is 1. The van der Waals surface area contributed by atoms with Gasteiger partial charge in [0.25, 0.3) is 5.56 Å². The third-order valence-electron chi connectivity index (χ3n) is 5.57. The van der Waals surface area contributed by atoms with E-state index in [-0.39, 0.29) is 17.7 Å². The lowest BCUT2D eigenvalue weighted by Crippen LogP contribution is -2.43. The maximum absolute atomic E-state index is 11.9. The Morgan fingerprint density at radius 1 is 1.29 bits per heavy atom. The van der Waals surface area contributed by atoms with E-state index in [0.717, 1.165) is 55.3 Å². The van der Waals surface area contributed by atoms with Gasteiger partial charge < -0.3 is 15.0 Å². The lowest BCUT2D eigenvalue weighted by molar-refractivity contribution is -0.0203. The van der Waals surface area contributed by atoms with Crippen LogP contribution in [0.1, 0.15) is 37.9 Å². The zero-order chi connectivity index (χ0) is 19.7. The molecule has 0 spiro atoms. The Hall–Kier alpha value is -2.48. The third-order valence-corrected chi connectivity index (χ3v) is 5.57. The van der Waals surface area contributed by atoms with Crippen LogP contribution in [0.25, 0.3) is 0 Å². The summed E-state index contributed by atoms with van der Waals surface area (Å²) in [6.45, 7) is 6.67. The fourth-order valence-corrected chi connectivity index (χ4v) is 4.09. The molecule has 0 saturated carbocycles. The highest BCUT2D eigenvalue weighted by atomic mass is 16.5. The second-order valence-electron chi connectivity index (χ2n) is 7.98. The minimum atomic E-state index is -0.0809. The van der Waals surface area contributed by atoms with Gasteiger partial charge in [0, 0.05) is 50.9 Å². The van der Waals surface area contributed by atoms with E-state index in [1.54, 1.807) is 19.4 Å². The molecule has 28 heavy (non-hydrogen) atoms. The summed E-state index contributed by atoms with van der Waals surface area (Å²) in [7, 11) is 1.69. The average molecular weight is 384 g/mol. The van der Waals surface area contributed by atoms with Crippen LogP contribution in [0.5, 0.6) is 0 Å². The second kappa shape index (κ2) is 7.87. The van der Waals surface area contributed by atoms with Crippen LogP contribution in [0.2, 0.25) is 0 Å². The maximum Gasteiger partial charge on any atom is 0.266 e. The predicted molar refractivity (Wildman–Crippen MR) is 107 cm³/mol. The molecule has 150 valence electrons. The molecule has 0 radical (unpaired) electrons. The lowest BCUT2D eigenvalue weighted by atomic mass is 9.93. The average Bonchev–Trinajstić information content (AvgIpc) is 2.69. The van der Waals surface area contributed by atoms with Crippen molar-refractivity contribution in [3.8, 4) is 0 Å². The highest BCUT2D eigenvalue weighted by Crippen LogP contribution is 2.26. The molecule has 4 rings (SSSR count). The van der Waals surface area contributed by atoms with Gasteiger partial charge in [0.2, 0.25) is 0 Å². The molecule has 0 unspecified atom stereocenters. The summed E-state index contributed by atoms with van der Waals surface area (Å²) in [6, 6.07) is 3.93. The van der Waals surface area contributed by atoms with Crippen molar-refractivity contribution < 1.29 is 4.74 Å². The Bertz CT molecular complexity index is 897. The molecule has 2 aromatic heterocycles. The zero-order valence-electron chi connectivity index (χ0n) is 16.8. The van der Waals surface area contributed by atoms with Crippen molar-refractivity contribution in [2.45, 2.75) is 51.8 Å². The van der Waals surface area contributed by atoms with Crippen LogP contribution < -0.4 is 15.8 Å². The topological polar surface area (TPSA) is 85.2 Å². The molecule has 8 heteroatoms. The van der Waals surface area contributed by atoms with E-state index < -0.39 is 0 Å².